The van der Waals surface area contributed by atoms with Crippen molar-refractivity contribution in [2.24, 2.45) is 0 Å². The maximum atomic E-state index is 5.35. The molecular formula is C43H27N3. The van der Waals surface area contributed by atoms with E-state index in [4.69, 9.17) is 9.97 Å². The van der Waals surface area contributed by atoms with E-state index in [9.17, 15) is 0 Å². The summed E-state index contributed by atoms with van der Waals surface area (Å²) in [5, 5.41) is 9.78. The number of nitrogens with zero attached hydrogens (tertiary/aromatic N) is 3. The maximum absolute atomic E-state index is 5.35. The molecule has 0 aliphatic carbocycles. The molecule has 0 atom stereocenters. The molecule has 0 fully saturated rings. The quantitative estimate of drug-likeness (QED) is 0.193. The first-order valence-corrected chi connectivity index (χ1v) is 15.5. The topological polar surface area (TPSA) is 38.7 Å². The molecule has 7 aromatic carbocycles. The standard InChI is InChI=1S/C43H27N3/c1-2-13-28(14-3-1)40-26-41(35-21-9-4-16-30(35)29-15-12-24-44-27-29)46-43(45-40)39-25-38-33-19-6-5-17-31(33)32-18-7-10-22-36(32)42(38)37-23-11-8-20-34(37)39/h1-27H. The number of aromatic nitrogens is 3. The van der Waals surface area contributed by atoms with Gasteiger partial charge in [-0.25, -0.2) is 9.97 Å². The van der Waals surface area contributed by atoms with Gasteiger partial charge in [0.2, 0.25) is 0 Å². The van der Waals surface area contributed by atoms with E-state index in [1.807, 2.05) is 18.3 Å². The van der Waals surface area contributed by atoms with Crippen LogP contribution in [0.1, 0.15) is 0 Å². The van der Waals surface area contributed by atoms with Crippen LogP contribution in [0.2, 0.25) is 0 Å². The van der Waals surface area contributed by atoms with Crippen LogP contribution in [-0.4, -0.2) is 15.0 Å². The summed E-state index contributed by atoms with van der Waals surface area (Å²) in [7, 11) is 0. The molecule has 2 aromatic heterocycles. The third kappa shape index (κ3) is 4.25. The van der Waals surface area contributed by atoms with Crippen LogP contribution in [0.4, 0.5) is 0 Å². The molecule has 0 saturated heterocycles. The molecule has 9 rings (SSSR count). The molecule has 3 nitrogen and oxygen atoms in total. The second-order valence-corrected chi connectivity index (χ2v) is 11.6. The van der Waals surface area contributed by atoms with Gasteiger partial charge in [0.15, 0.2) is 5.82 Å². The van der Waals surface area contributed by atoms with Gasteiger partial charge in [-0.3, -0.25) is 4.98 Å². The molecule has 0 unspecified atom stereocenters. The number of hydrogen-bond acceptors (Lipinski definition) is 3. The molecule has 2 heterocycles. The molecule has 0 spiro atoms. The van der Waals surface area contributed by atoms with Gasteiger partial charge in [-0.2, -0.15) is 0 Å². The van der Waals surface area contributed by atoms with Gasteiger partial charge >= 0.3 is 0 Å². The minimum Gasteiger partial charge on any atom is -0.264 e. The van der Waals surface area contributed by atoms with Gasteiger partial charge in [0.1, 0.15) is 0 Å². The average molecular weight is 586 g/mol. The van der Waals surface area contributed by atoms with Crippen molar-refractivity contribution in [2.75, 3.05) is 0 Å². The minimum atomic E-state index is 0.702. The molecule has 9 aromatic rings. The monoisotopic (exact) mass is 585 g/mol. The Morgan fingerprint density at radius 1 is 0.348 bits per heavy atom. The minimum absolute atomic E-state index is 0.702. The van der Waals surface area contributed by atoms with E-state index in [2.05, 4.69) is 145 Å². The van der Waals surface area contributed by atoms with E-state index in [1.54, 1.807) is 6.20 Å². The predicted molar refractivity (Wildman–Crippen MR) is 192 cm³/mol. The number of hydrogen-bond donors (Lipinski definition) is 0. The van der Waals surface area contributed by atoms with Crippen molar-refractivity contribution in [3.8, 4) is 45.0 Å². The Labute approximate surface area is 266 Å². The van der Waals surface area contributed by atoms with Gasteiger partial charge in [0.25, 0.3) is 0 Å². The molecule has 0 aliphatic rings. The smallest absolute Gasteiger partial charge is 0.161 e. The molecule has 0 radical (unpaired) electrons. The normalized spacial score (nSPS) is 11.5. The Morgan fingerprint density at radius 2 is 0.891 bits per heavy atom. The highest BCUT2D eigenvalue weighted by molar-refractivity contribution is 6.32. The second-order valence-electron chi connectivity index (χ2n) is 11.6. The van der Waals surface area contributed by atoms with Crippen LogP contribution in [0, 0.1) is 0 Å². The number of rotatable bonds is 4. The first kappa shape index (κ1) is 26.2. The van der Waals surface area contributed by atoms with Gasteiger partial charge in [-0.15, -0.1) is 0 Å². The largest absolute Gasteiger partial charge is 0.264 e. The van der Waals surface area contributed by atoms with Crippen molar-refractivity contribution in [1.29, 1.82) is 0 Å². The molecule has 46 heavy (non-hydrogen) atoms. The third-order valence-electron chi connectivity index (χ3n) is 8.96. The van der Waals surface area contributed by atoms with Crippen molar-refractivity contribution < 1.29 is 0 Å². The highest BCUT2D eigenvalue weighted by Gasteiger charge is 2.19. The lowest BCUT2D eigenvalue weighted by Crippen LogP contribution is -1.98. The Balaban J connectivity index is 1.39. The average Bonchev–Trinajstić information content (AvgIpc) is 3.15. The van der Waals surface area contributed by atoms with Crippen molar-refractivity contribution in [3.05, 3.63) is 164 Å². The molecule has 0 N–H and O–H groups in total. The zero-order valence-electron chi connectivity index (χ0n) is 24.9. The fourth-order valence-corrected chi connectivity index (χ4v) is 6.89. The van der Waals surface area contributed by atoms with Crippen LogP contribution in [0.3, 0.4) is 0 Å². The van der Waals surface area contributed by atoms with Gasteiger partial charge in [-0.05, 0) is 66.9 Å². The van der Waals surface area contributed by atoms with Crippen LogP contribution in [-0.2, 0) is 0 Å². The second kappa shape index (κ2) is 10.8. The summed E-state index contributed by atoms with van der Waals surface area (Å²) in [4.78, 5) is 15.0. The van der Waals surface area contributed by atoms with E-state index < -0.39 is 0 Å². The molecule has 3 heteroatoms. The van der Waals surface area contributed by atoms with Crippen LogP contribution < -0.4 is 0 Å². The zero-order valence-corrected chi connectivity index (χ0v) is 24.9. The molecule has 214 valence electrons. The van der Waals surface area contributed by atoms with Crippen molar-refractivity contribution in [3.63, 3.8) is 0 Å². The summed E-state index contributed by atoms with van der Waals surface area (Å²) in [6.45, 7) is 0. The third-order valence-corrected chi connectivity index (χ3v) is 8.96. The fraction of sp³-hybridized carbons (Fsp3) is 0. The Bertz CT molecular complexity index is 2570. The first-order chi connectivity index (χ1) is 22.8. The van der Waals surface area contributed by atoms with Gasteiger partial charge in [0.05, 0.1) is 11.4 Å². The lowest BCUT2D eigenvalue weighted by molar-refractivity contribution is 1.19. The number of pyridine rings is 1. The van der Waals surface area contributed by atoms with Crippen LogP contribution in [0.25, 0.3) is 88.1 Å². The molecular weight excluding hydrogens is 558 g/mol. The van der Waals surface area contributed by atoms with E-state index in [0.717, 1.165) is 44.6 Å². The van der Waals surface area contributed by atoms with Crippen LogP contribution >= 0.6 is 0 Å². The lowest BCUT2D eigenvalue weighted by Gasteiger charge is -2.17. The highest BCUT2D eigenvalue weighted by Crippen LogP contribution is 2.43. The van der Waals surface area contributed by atoms with E-state index in [0.29, 0.717) is 5.82 Å². The Morgan fingerprint density at radius 3 is 1.61 bits per heavy atom. The van der Waals surface area contributed by atoms with Crippen LogP contribution in [0.15, 0.2) is 164 Å². The SMILES string of the molecule is c1ccc(-c2cc(-c3ccccc3-c3cccnc3)nc(-c3cc4c5ccccc5c5ccccc5c4c4ccccc34)n2)cc1. The summed E-state index contributed by atoms with van der Waals surface area (Å²) in [5.74, 6) is 0.702. The van der Waals surface area contributed by atoms with Gasteiger partial charge in [0, 0.05) is 34.6 Å². The van der Waals surface area contributed by atoms with Gasteiger partial charge < -0.3 is 0 Å². The van der Waals surface area contributed by atoms with Crippen molar-refractivity contribution in [2.45, 2.75) is 0 Å². The highest BCUT2D eigenvalue weighted by atomic mass is 14.9. The Hall–Kier alpha value is -6.19. The summed E-state index contributed by atoms with van der Waals surface area (Å²) >= 11 is 0. The molecule has 0 amide bonds. The number of fused-ring (bicyclic) bond motifs is 8. The summed E-state index contributed by atoms with van der Waals surface area (Å²) in [6, 6.07) is 53.4. The van der Waals surface area contributed by atoms with E-state index in [1.165, 1.54) is 37.7 Å². The van der Waals surface area contributed by atoms with Gasteiger partial charge in [-0.1, -0.05) is 133 Å². The first-order valence-electron chi connectivity index (χ1n) is 15.5. The summed E-state index contributed by atoms with van der Waals surface area (Å²) in [5.41, 5.74) is 6.99. The summed E-state index contributed by atoms with van der Waals surface area (Å²) < 4.78 is 0. The molecule has 0 saturated carbocycles. The van der Waals surface area contributed by atoms with Crippen molar-refractivity contribution >= 4 is 43.1 Å². The number of benzene rings is 7. The lowest BCUT2D eigenvalue weighted by atomic mass is 9.89. The molecule has 0 aliphatic heterocycles. The van der Waals surface area contributed by atoms with Crippen LogP contribution in [0.5, 0.6) is 0 Å². The fourth-order valence-electron chi connectivity index (χ4n) is 6.89. The predicted octanol–water partition coefficient (Wildman–Crippen LogP) is 11.2. The zero-order chi connectivity index (χ0) is 30.5. The summed E-state index contributed by atoms with van der Waals surface area (Å²) in [6.07, 6.45) is 3.71. The van der Waals surface area contributed by atoms with Crippen molar-refractivity contribution in [1.82, 2.24) is 15.0 Å². The molecule has 0 bridgehead atoms. The maximum Gasteiger partial charge on any atom is 0.161 e. The Kier molecular flexibility index (Phi) is 6.14. The van der Waals surface area contributed by atoms with E-state index in [-0.39, 0.29) is 0 Å². The van der Waals surface area contributed by atoms with E-state index >= 15 is 0 Å².